The first-order valence-electron chi connectivity index (χ1n) is 2.22. The molecule has 0 aliphatic carbocycles. The summed E-state index contributed by atoms with van der Waals surface area (Å²) in [5.74, 6) is 0. The number of ether oxygens (including phenoxy) is 2. The molecule has 1 aliphatic heterocycles. The Kier molecular flexibility index (Phi) is 4.82. The third-order valence-electron chi connectivity index (χ3n) is 0.744. The molecule has 2 nitrogen and oxygen atoms in total. The molecule has 1 rings (SSSR count). The fourth-order valence-electron chi connectivity index (χ4n) is 0.383. The second-order valence-corrected chi connectivity index (χ2v) is 1.34. The van der Waals surface area contributed by atoms with Gasteiger partial charge in [-0.1, -0.05) is 12.9 Å². The molecule has 0 bridgehead atoms. The minimum atomic E-state index is -0.0822. The summed E-state index contributed by atoms with van der Waals surface area (Å²) in [5.41, 5.74) is 0. The van der Waals surface area contributed by atoms with E-state index >= 15 is 0 Å². The van der Waals surface area contributed by atoms with Crippen molar-refractivity contribution in [1.29, 1.82) is 0 Å². The zero-order chi connectivity index (χ0) is 5.11. The summed E-state index contributed by atoms with van der Waals surface area (Å²) in [4.78, 5) is 0. The van der Waals surface area contributed by atoms with Crippen LogP contribution in [0.3, 0.4) is 0 Å². The van der Waals surface area contributed by atoms with Crippen LogP contribution in [0, 0.1) is 6.08 Å². The maximum absolute atomic E-state index is 4.91. The molecule has 0 N–H and O–H groups in total. The van der Waals surface area contributed by atoms with Crippen molar-refractivity contribution >= 4 is 0 Å². The molecule has 0 saturated carbocycles. The van der Waals surface area contributed by atoms with Gasteiger partial charge in [0, 0.05) is 32.7 Å². The SMILES string of the molecule is CC1OC=[C-]CO1.[Y]. The fourth-order valence-corrected chi connectivity index (χ4v) is 0.383. The summed E-state index contributed by atoms with van der Waals surface area (Å²) >= 11 is 0. The van der Waals surface area contributed by atoms with Crippen molar-refractivity contribution in [3.63, 3.8) is 0 Å². The van der Waals surface area contributed by atoms with Gasteiger partial charge in [-0.15, -0.1) is 0 Å². The van der Waals surface area contributed by atoms with Crippen LogP contribution < -0.4 is 0 Å². The molecule has 8 heavy (non-hydrogen) atoms. The smallest absolute Gasteiger partial charge is 0.189 e. The van der Waals surface area contributed by atoms with Crippen LogP contribution in [-0.2, 0) is 42.2 Å². The molecule has 3 heteroatoms. The summed E-state index contributed by atoms with van der Waals surface area (Å²) in [6.07, 6.45) is 4.20. The second-order valence-electron chi connectivity index (χ2n) is 1.34. The van der Waals surface area contributed by atoms with Gasteiger partial charge >= 0.3 is 0 Å². The van der Waals surface area contributed by atoms with Crippen molar-refractivity contribution in [2.75, 3.05) is 6.61 Å². The van der Waals surface area contributed by atoms with E-state index in [1.807, 2.05) is 6.92 Å². The van der Waals surface area contributed by atoms with E-state index in [0.717, 1.165) is 0 Å². The van der Waals surface area contributed by atoms with Gasteiger partial charge in [0.2, 0.25) is 0 Å². The fraction of sp³-hybridized carbons (Fsp3) is 0.600. The normalized spacial score (nSPS) is 25.9. The van der Waals surface area contributed by atoms with Crippen LogP contribution in [0.1, 0.15) is 6.92 Å². The van der Waals surface area contributed by atoms with Crippen LogP contribution in [0.25, 0.3) is 0 Å². The Morgan fingerprint density at radius 3 is 2.75 bits per heavy atom. The van der Waals surface area contributed by atoms with Crippen molar-refractivity contribution in [2.45, 2.75) is 13.2 Å². The van der Waals surface area contributed by atoms with Gasteiger partial charge in [0.25, 0.3) is 0 Å². The minimum Gasteiger partial charge on any atom is -0.510 e. The summed E-state index contributed by atoms with van der Waals surface area (Å²) in [6.45, 7) is 2.40. The zero-order valence-corrected chi connectivity index (χ0v) is 7.59. The van der Waals surface area contributed by atoms with Gasteiger partial charge in [0.15, 0.2) is 6.29 Å². The standard InChI is InChI=1S/C5H7O2.Y/c1-5-6-3-2-4-7-5;/h3,5H,4H2,1H3;/q-1;. The van der Waals surface area contributed by atoms with Crippen LogP contribution >= 0.6 is 0 Å². The summed E-state index contributed by atoms with van der Waals surface area (Å²) in [7, 11) is 0. The Morgan fingerprint density at radius 2 is 2.50 bits per heavy atom. The number of hydrogen-bond donors (Lipinski definition) is 0. The first-order chi connectivity index (χ1) is 3.39. The third-order valence-corrected chi connectivity index (χ3v) is 0.744. The molecule has 0 amide bonds. The van der Waals surface area contributed by atoms with Gasteiger partial charge < -0.3 is 15.5 Å². The van der Waals surface area contributed by atoms with Crippen molar-refractivity contribution in [1.82, 2.24) is 0 Å². The summed E-state index contributed by atoms with van der Waals surface area (Å²) in [5, 5.41) is 0. The van der Waals surface area contributed by atoms with E-state index in [4.69, 9.17) is 9.47 Å². The molecular weight excluding hydrogens is 181 g/mol. The van der Waals surface area contributed by atoms with E-state index < -0.39 is 0 Å². The van der Waals surface area contributed by atoms with Gasteiger partial charge in [0.1, 0.15) is 0 Å². The summed E-state index contributed by atoms with van der Waals surface area (Å²) < 4.78 is 9.73. The molecule has 0 spiro atoms. The first kappa shape index (κ1) is 8.60. The van der Waals surface area contributed by atoms with E-state index in [9.17, 15) is 0 Å². The van der Waals surface area contributed by atoms with Gasteiger partial charge in [-0.05, 0) is 6.92 Å². The van der Waals surface area contributed by atoms with E-state index in [-0.39, 0.29) is 39.0 Å². The molecule has 1 aliphatic rings. The van der Waals surface area contributed by atoms with Crippen LogP contribution in [-0.4, -0.2) is 12.9 Å². The molecule has 0 fully saturated rings. The van der Waals surface area contributed by atoms with Gasteiger partial charge in [-0.2, -0.15) is 0 Å². The molecule has 1 unspecified atom stereocenters. The van der Waals surface area contributed by atoms with Crippen molar-refractivity contribution in [3.8, 4) is 0 Å². The second kappa shape index (κ2) is 4.48. The van der Waals surface area contributed by atoms with E-state index in [0.29, 0.717) is 6.61 Å². The third kappa shape index (κ3) is 2.80. The minimum absolute atomic E-state index is 0. The van der Waals surface area contributed by atoms with Crippen LogP contribution in [0.15, 0.2) is 6.26 Å². The predicted octanol–water partition coefficient (Wildman–Crippen LogP) is 0.694. The van der Waals surface area contributed by atoms with Gasteiger partial charge in [-0.25, -0.2) is 0 Å². The van der Waals surface area contributed by atoms with Crippen molar-refractivity contribution in [3.05, 3.63) is 12.3 Å². The summed E-state index contributed by atoms with van der Waals surface area (Å²) in [6, 6.07) is 0. The Morgan fingerprint density at radius 1 is 1.75 bits per heavy atom. The molecule has 0 aromatic rings. The van der Waals surface area contributed by atoms with E-state index in [1.165, 1.54) is 6.26 Å². The van der Waals surface area contributed by atoms with E-state index in [1.54, 1.807) is 0 Å². The largest absolute Gasteiger partial charge is 0.510 e. The Labute approximate surface area is 74.1 Å². The molecule has 43 valence electrons. The molecule has 0 aromatic heterocycles. The maximum atomic E-state index is 4.91. The van der Waals surface area contributed by atoms with E-state index in [2.05, 4.69) is 6.08 Å². The maximum Gasteiger partial charge on any atom is 0.189 e. The average Bonchev–Trinajstić information content (AvgIpc) is 1.69. The van der Waals surface area contributed by atoms with Crippen LogP contribution in [0.2, 0.25) is 0 Å². The van der Waals surface area contributed by atoms with Crippen LogP contribution in [0.4, 0.5) is 0 Å². The molecule has 0 saturated heterocycles. The first-order valence-corrected chi connectivity index (χ1v) is 2.22. The monoisotopic (exact) mass is 188 g/mol. The van der Waals surface area contributed by atoms with Crippen LogP contribution in [0.5, 0.6) is 0 Å². The number of hydrogen-bond acceptors (Lipinski definition) is 2. The van der Waals surface area contributed by atoms with Gasteiger partial charge in [-0.3, -0.25) is 0 Å². The Bertz CT molecular complexity index is 82.5. The van der Waals surface area contributed by atoms with Gasteiger partial charge in [0.05, 0.1) is 0 Å². The molecule has 1 heterocycles. The molecule has 0 aromatic carbocycles. The average molecular weight is 188 g/mol. The molecule has 1 radical (unpaired) electrons. The van der Waals surface area contributed by atoms with Crippen molar-refractivity contribution < 1.29 is 42.2 Å². The quantitative estimate of drug-likeness (QED) is 0.520. The Hall–Kier alpha value is 0.604. The number of rotatable bonds is 0. The molecule has 1 atom stereocenters. The topological polar surface area (TPSA) is 18.5 Å². The zero-order valence-electron chi connectivity index (χ0n) is 4.76. The van der Waals surface area contributed by atoms with Crippen molar-refractivity contribution in [2.24, 2.45) is 0 Å². The molecular formula is C5H7O2Y-. The Balaban J connectivity index is 0.000000490. The predicted molar refractivity (Wildman–Crippen MR) is 24.3 cm³/mol.